The standard InChI is InChI=1S/C32H46O/c1-4-7-8-9-10-25-33-32-23-21-31(22-24-32)30-19-17-29(18-20-30)28-15-13-27(14-16-28)12-11-26(5-2)6-3/h15,17-24,26-27H,4-14,16,25H2,1-3H3. The molecule has 0 fully saturated rings. The first-order chi connectivity index (χ1) is 16.2. The van der Waals surface area contributed by atoms with Crippen molar-refractivity contribution in [3.05, 3.63) is 60.2 Å². The Kier molecular flexibility index (Phi) is 11.1. The third kappa shape index (κ3) is 8.36. The summed E-state index contributed by atoms with van der Waals surface area (Å²) in [5.41, 5.74) is 5.49. The topological polar surface area (TPSA) is 9.23 Å². The molecule has 1 aliphatic carbocycles. The number of ether oxygens (including phenoxy) is 1. The molecule has 33 heavy (non-hydrogen) atoms. The fourth-order valence-electron chi connectivity index (χ4n) is 5.10. The van der Waals surface area contributed by atoms with Crippen molar-refractivity contribution in [1.29, 1.82) is 0 Å². The van der Waals surface area contributed by atoms with Gasteiger partial charge in [-0.25, -0.2) is 0 Å². The van der Waals surface area contributed by atoms with Crippen LogP contribution in [0.25, 0.3) is 16.7 Å². The summed E-state index contributed by atoms with van der Waals surface area (Å²) >= 11 is 0. The average Bonchev–Trinajstić information content (AvgIpc) is 2.88. The van der Waals surface area contributed by atoms with Gasteiger partial charge in [-0.2, -0.15) is 0 Å². The average molecular weight is 447 g/mol. The quantitative estimate of drug-likeness (QED) is 0.262. The van der Waals surface area contributed by atoms with E-state index in [1.54, 1.807) is 5.57 Å². The van der Waals surface area contributed by atoms with Crippen LogP contribution in [-0.4, -0.2) is 6.61 Å². The van der Waals surface area contributed by atoms with Crippen molar-refractivity contribution < 1.29 is 4.74 Å². The van der Waals surface area contributed by atoms with Crippen molar-refractivity contribution in [1.82, 2.24) is 0 Å². The fourth-order valence-corrected chi connectivity index (χ4v) is 5.10. The van der Waals surface area contributed by atoms with Crippen molar-refractivity contribution in [3.63, 3.8) is 0 Å². The highest BCUT2D eigenvalue weighted by molar-refractivity contribution is 5.71. The van der Waals surface area contributed by atoms with Gasteiger partial charge in [0.05, 0.1) is 6.61 Å². The molecule has 0 heterocycles. The molecule has 180 valence electrons. The first-order valence-corrected chi connectivity index (χ1v) is 13.8. The summed E-state index contributed by atoms with van der Waals surface area (Å²) in [6.07, 6.45) is 18.2. The van der Waals surface area contributed by atoms with Gasteiger partial charge in [-0.05, 0) is 78.3 Å². The monoisotopic (exact) mass is 446 g/mol. The summed E-state index contributed by atoms with van der Waals surface area (Å²) in [7, 11) is 0. The van der Waals surface area contributed by atoms with E-state index >= 15 is 0 Å². The second-order valence-corrected chi connectivity index (χ2v) is 9.99. The van der Waals surface area contributed by atoms with Crippen molar-refractivity contribution in [2.75, 3.05) is 6.61 Å². The molecule has 0 saturated carbocycles. The molecule has 1 atom stereocenters. The first-order valence-electron chi connectivity index (χ1n) is 13.8. The summed E-state index contributed by atoms with van der Waals surface area (Å²) in [4.78, 5) is 0. The highest BCUT2D eigenvalue weighted by Crippen LogP contribution is 2.34. The minimum absolute atomic E-state index is 0.825. The Morgan fingerprint density at radius 3 is 2.03 bits per heavy atom. The lowest BCUT2D eigenvalue weighted by Crippen LogP contribution is -2.08. The molecular formula is C32H46O. The number of hydrogen-bond donors (Lipinski definition) is 0. The molecule has 3 rings (SSSR count). The van der Waals surface area contributed by atoms with Crippen LogP contribution in [0.4, 0.5) is 0 Å². The number of rotatable bonds is 14. The number of hydrogen-bond acceptors (Lipinski definition) is 1. The van der Waals surface area contributed by atoms with Gasteiger partial charge in [0.1, 0.15) is 5.75 Å². The van der Waals surface area contributed by atoms with Gasteiger partial charge < -0.3 is 4.74 Å². The number of allylic oxidation sites excluding steroid dienone is 2. The third-order valence-corrected chi connectivity index (χ3v) is 7.62. The van der Waals surface area contributed by atoms with Gasteiger partial charge in [0, 0.05) is 0 Å². The second-order valence-electron chi connectivity index (χ2n) is 9.99. The molecule has 0 radical (unpaired) electrons. The maximum absolute atomic E-state index is 5.92. The minimum atomic E-state index is 0.825. The second kappa shape index (κ2) is 14.3. The van der Waals surface area contributed by atoms with Gasteiger partial charge >= 0.3 is 0 Å². The SMILES string of the molecule is CCCCCCCOc1ccc(-c2ccc(C3=CCC(CCC(CC)CC)CC3)cc2)cc1. The molecule has 1 nitrogen and oxygen atoms in total. The molecule has 1 aliphatic rings. The molecule has 0 aliphatic heterocycles. The molecule has 0 aromatic heterocycles. The van der Waals surface area contributed by atoms with Crippen molar-refractivity contribution in [2.24, 2.45) is 11.8 Å². The van der Waals surface area contributed by atoms with Crippen LogP contribution in [0.15, 0.2) is 54.6 Å². The molecule has 2 aromatic rings. The van der Waals surface area contributed by atoms with Crippen molar-refractivity contribution in [3.8, 4) is 16.9 Å². The van der Waals surface area contributed by atoms with E-state index in [0.29, 0.717) is 0 Å². The van der Waals surface area contributed by atoms with Gasteiger partial charge in [0.2, 0.25) is 0 Å². The van der Waals surface area contributed by atoms with Crippen LogP contribution in [0.1, 0.15) is 103 Å². The zero-order chi connectivity index (χ0) is 23.3. The van der Waals surface area contributed by atoms with Crippen LogP contribution >= 0.6 is 0 Å². The molecule has 1 heteroatoms. The predicted molar refractivity (Wildman–Crippen MR) is 145 cm³/mol. The van der Waals surface area contributed by atoms with Gasteiger partial charge in [0.15, 0.2) is 0 Å². The van der Waals surface area contributed by atoms with Crippen molar-refractivity contribution in [2.45, 2.75) is 97.8 Å². The molecule has 0 N–H and O–H groups in total. The summed E-state index contributed by atoms with van der Waals surface area (Å²) in [5, 5.41) is 0. The van der Waals surface area contributed by atoms with Crippen LogP contribution in [0.3, 0.4) is 0 Å². The Hall–Kier alpha value is -2.02. The summed E-state index contributed by atoms with van der Waals surface area (Å²) in [5.74, 6) is 2.81. The van der Waals surface area contributed by atoms with E-state index in [1.807, 2.05) is 0 Å². The van der Waals surface area contributed by atoms with E-state index in [1.165, 1.54) is 87.3 Å². The minimum Gasteiger partial charge on any atom is -0.494 e. The summed E-state index contributed by atoms with van der Waals surface area (Å²) in [6.45, 7) is 7.76. The normalized spacial score (nSPS) is 16.1. The van der Waals surface area contributed by atoms with E-state index in [-0.39, 0.29) is 0 Å². The third-order valence-electron chi connectivity index (χ3n) is 7.62. The Bertz CT molecular complexity index is 811. The maximum Gasteiger partial charge on any atom is 0.119 e. The van der Waals surface area contributed by atoms with Gasteiger partial charge in [-0.3, -0.25) is 0 Å². The fraction of sp³-hybridized carbons (Fsp3) is 0.562. The smallest absolute Gasteiger partial charge is 0.119 e. The zero-order valence-electron chi connectivity index (χ0n) is 21.5. The predicted octanol–water partition coefficient (Wildman–Crippen LogP) is 10.1. The Labute approximate surface area is 203 Å². The number of unbranched alkanes of at least 4 members (excludes halogenated alkanes) is 4. The van der Waals surface area contributed by atoms with Crippen LogP contribution in [0.2, 0.25) is 0 Å². The van der Waals surface area contributed by atoms with Gasteiger partial charge in [-0.15, -0.1) is 0 Å². The van der Waals surface area contributed by atoms with Gasteiger partial charge in [0.25, 0.3) is 0 Å². The van der Waals surface area contributed by atoms with E-state index < -0.39 is 0 Å². The van der Waals surface area contributed by atoms with Crippen LogP contribution in [0, 0.1) is 11.8 Å². The van der Waals surface area contributed by atoms with Crippen LogP contribution < -0.4 is 4.74 Å². The highest BCUT2D eigenvalue weighted by atomic mass is 16.5. The van der Waals surface area contributed by atoms with Crippen LogP contribution in [0.5, 0.6) is 5.75 Å². The summed E-state index contributed by atoms with van der Waals surface area (Å²) in [6, 6.07) is 17.8. The molecule has 0 spiro atoms. The van der Waals surface area contributed by atoms with E-state index in [4.69, 9.17) is 4.74 Å². The Morgan fingerprint density at radius 1 is 0.788 bits per heavy atom. The maximum atomic E-state index is 5.92. The summed E-state index contributed by atoms with van der Waals surface area (Å²) < 4.78 is 5.92. The van der Waals surface area contributed by atoms with E-state index in [0.717, 1.165) is 30.6 Å². The lowest BCUT2D eigenvalue weighted by atomic mass is 9.82. The Morgan fingerprint density at radius 2 is 1.42 bits per heavy atom. The highest BCUT2D eigenvalue weighted by Gasteiger charge is 2.17. The Balaban J connectivity index is 1.47. The largest absolute Gasteiger partial charge is 0.494 e. The molecule has 0 amide bonds. The molecule has 0 bridgehead atoms. The van der Waals surface area contributed by atoms with Crippen molar-refractivity contribution >= 4 is 5.57 Å². The lowest BCUT2D eigenvalue weighted by Gasteiger charge is -2.24. The molecular weight excluding hydrogens is 400 g/mol. The molecule has 1 unspecified atom stereocenters. The first kappa shape index (κ1) is 25.6. The van der Waals surface area contributed by atoms with E-state index in [9.17, 15) is 0 Å². The number of benzene rings is 2. The van der Waals surface area contributed by atoms with Gasteiger partial charge in [-0.1, -0.05) is 108 Å². The van der Waals surface area contributed by atoms with E-state index in [2.05, 4.69) is 75.4 Å². The van der Waals surface area contributed by atoms with Crippen LogP contribution in [-0.2, 0) is 0 Å². The zero-order valence-corrected chi connectivity index (χ0v) is 21.5. The molecule has 2 aromatic carbocycles. The molecule has 0 saturated heterocycles. The lowest BCUT2D eigenvalue weighted by molar-refractivity contribution is 0.304.